The summed E-state index contributed by atoms with van der Waals surface area (Å²) in [5.41, 5.74) is 3.72. The number of carbonyl (C=O) groups excluding carboxylic acids is 1. The first-order valence-electron chi connectivity index (χ1n) is 10.0. The van der Waals surface area contributed by atoms with Gasteiger partial charge in [-0.3, -0.25) is 4.79 Å². The fourth-order valence-electron chi connectivity index (χ4n) is 7.86. The fraction of sp³-hybridized carbons (Fsp3) is 0.773. The summed E-state index contributed by atoms with van der Waals surface area (Å²) >= 11 is 0. The molecule has 4 aliphatic carbocycles. The Morgan fingerprint density at radius 2 is 1.92 bits per heavy atom. The molecule has 7 atom stereocenters. The molecule has 4 aliphatic rings. The van der Waals surface area contributed by atoms with Crippen LogP contribution < -0.4 is 0 Å². The van der Waals surface area contributed by atoms with Gasteiger partial charge in [-0.1, -0.05) is 20.8 Å². The summed E-state index contributed by atoms with van der Waals surface area (Å²) < 4.78 is 11.4. The van der Waals surface area contributed by atoms with Crippen molar-refractivity contribution in [3.8, 4) is 0 Å². The summed E-state index contributed by atoms with van der Waals surface area (Å²) in [6, 6.07) is 0. The standard InChI is InChI=1S/C22H30O3/c1-13(23)25-17-10-22(4)18-6-5-14-11-24-12-16(14)20(18,2)8-7-19(22)21(3)9-15(17)21/h11-12,15,17-19H,5-10H2,1-4H3. The molecule has 1 aromatic rings. The van der Waals surface area contributed by atoms with Gasteiger partial charge in [0.25, 0.3) is 0 Å². The minimum atomic E-state index is -0.111. The first-order chi connectivity index (χ1) is 11.8. The van der Waals surface area contributed by atoms with Gasteiger partial charge in [0.1, 0.15) is 6.10 Å². The fourth-order valence-corrected chi connectivity index (χ4v) is 7.86. The summed E-state index contributed by atoms with van der Waals surface area (Å²) in [6.07, 6.45) is 11.3. The van der Waals surface area contributed by atoms with Crippen LogP contribution in [0.25, 0.3) is 0 Å². The predicted molar refractivity (Wildman–Crippen MR) is 95.1 cm³/mol. The van der Waals surface area contributed by atoms with Gasteiger partial charge in [-0.25, -0.2) is 0 Å². The molecule has 3 fully saturated rings. The molecule has 7 unspecified atom stereocenters. The Labute approximate surface area is 150 Å². The van der Waals surface area contributed by atoms with Crippen LogP contribution in [0, 0.1) is 28.6 Å². The van der Waals surface area contributed by atoms with Crippen LogP contribution in [0.15, 0.2) is 16.9 Å². The summed E-state index contributed by atoms with van der Waals surface area (Å²) in [5, 5.41) is 0. The Morgan fingerprint density at radius 3 is 2.68 bits per heavy atom. The lowest BCUT2D eigenvalue weighted by Crippen LogP contribution is -2.58. The van der Waals surface area contributed by atoms with Crippen LogP contribution in [-0.4, -0.2) is 12.1 Å². The van der Waals surface area contributed by atoms with Crippen LogP contribution in [-0.2, 0) is 21.4 Å². The van der Waals surface area contributed by atoms with Gasteiger partial charge in [0.15, 0.2) is 0 Å². The summed E-state index contributed by atoms with van der Waals surface area (Å²) in [7, 11) is 0. The van der Waals surface area contributed by atoms with E-state index in [0.29, 0.717) is 17.3 Å². The number of esters is 1. The Hall–Kier alpha value is -1.25. The van der Waals surface area contributed by atoms with Crippen molar-refractivity contribution in [1.29, 1.82) is 0 Å². The second-order valence-electron chi connectivity index (χ2n) is 10.1. The molecule has 5 rings (SSSR count). The number of fused-ring (bicyclic) bond motifs is 7. The molecule has 0 N–H and O–H groups in total. The van der Waals surface area contributed by atoms with E-state index in [9.17, 15) is 4.79 Å². The molecule has 25 heavy (non-hydrogen) atoms. The third-order valence-corrected chi connectivity index (χ3v) is 8.92. The number of ether oxygens (including phenoxy) is 1. The molecule has 0 amide bonds. The van der Waals surface area contributed by atoms with Crippen molar-refractivity contribution >= 4 is 5.97 Å². The molecule has 0 saturated heterocycles. The highest BCUT2D eigenvalue weighted by molar-refractivity contribution is 5.66. The molecule has 1 heterocycles. The van der Waals surface area contributed by atoms with Crippen LogP contribution in [0.5, 0.6) is 0 Å². The van der Waals surface area contributed by atoms with E-state index in [1.54, 1.807) is 6.92 Å². The van der Waals surface area contributed by atoms with E-state index >= 15 is 0 Å². The van der Waals surface area contributed by atoms with Crippen LogP contribution in [0.3, 0.4) is 0 Å². The zero-order valence-corrected chi connectivity index (χ0v) is 15.9. The number of carbonyl (C=O) groups is 1. The zero-order valence-electron chi connectivity index (χ0n) is 15.9. The van der Waals surface area contributed by atoms with E-state index in [1.165, 1.54) is 36.8 Å². The van der Waals surface area contributed by atoms with E-state index in [1.807, 2.05) is 12.5 Å². The third-order valence-electron chi connectivity index (χ3n) is 8.92. The van der Waals surface area contributed by atoms with E-state index in [0.717, 1.165) is 18.8 Å². The second kappa shape index (κ2) is 4.72. The quantitative estimate of drug-likeness (QED) is 0.683. The van der Waals surface area contributed by atoms with Gasteiger partial charge in [-0.2, -0.15) is 0 Å². The van der Waals surface area contributed by atoms with Crippen LogP contribution in [0.4, 0.5) is 0 Å². The molecule has 0 spiro atoms. The van der Waals surface area contributed by atoms with Gasteiger partial charge in [-0.15, -0.1) is 0 Å². The van der Waals surface area contributed by atoms with E-state index in [2.05, 4.69) is 20.8 Å². The lowest BCUT2D eigenvalue weighted by atomic mass is 9.42. The van der Waals surface area contributed by atoms with E-state index < -0.39 is 0 Å². The monoisotopic (exact) mass is 342 g/mol. The van der Waals surface area contributed by atoms with Crippen LogP contribution in [0.2, 0.25) is 0 Å². The second-order valence-corrected chi connectivity index (χ2v) is 10.1. The Bertz CT molecular complexity index is 735. The number of hydrogen-bond acceptors (Lipinski definition) is 3. The van der Waals surface area contributed by atoms with Gasteiger partial charge >= 0.3 is 5.97 Å². The number of furan rings is 1. The van der Waals surface area contributed by atoms with Crippen molar-refractivity contribution in [3.63, 3.8) is 0 Å². The van der Waals surface area contributed by atoms with Crippen LogP contribution >= 0.6 is 0 Å². The minimum Gasteiger partial charge on any atom is -0.472 e. The molecular weight excluding hydrogens is 312 g/mol. The van der Waals surface area contributed by atoms with Crippen molar-refractivity contribution < 1.29 is 13.9 Å². The molecule has 1 aromatic heterocycles. The zero-order chi connectivity index (χ0) is 17.6. The molecular formula is C22H30O3. The number of aryl methyl sites for hydroxylation is 1. The maximum absolute atomic E-state index is 11.7. The average molecular weight is 342 g/mol. The molecule has 3 nitrogen and oxygen atoms in total. The lowest BCUT2D eigenvalue weighted by Gasteiger charge is -2.62. The van der Waals surface area contributed by atoms with Crippen molar-refractivity contribution in [1.82, 2.24) is 0 Å². The molecule has 3 heteroatoms. The van der Waals surface area contributed by atoms with E-state index in [-0.39, 0.29) is 22.9 Å². The highest BCUT2D eigenvalue weighted by Crippen LogP contribution is 2.75. The van der Waals surface area contributed by atoms with Gasteiger partial charge < -0.3 is 9.15 Å². The summed E-state index contributed by atoms with van der Waals surface area (Å²) in [5.74, 6) is 1.90. The topological polar surface area (TPSA) is 39.4 Å². The highest BCUT2D eigenvalue weighted by Gasteiger charge is 2.71. The van der Waals surface area contributed by atoms with Crippen molar-refractivity contribution in [2.75, 3.05) is 0 Å². The van der Waals surface area contributed by atoms with Crippen LogP contribution in [0.1, 0.15) is 70.9 Å². The molecule has 0 radical (unpaired) electrons. The van der Waals surface area contributed by atoms with E-state index in [4.69, 9.17) is 9.15 Å². The predicted octanol–water partition coefficient (Wildman–Crippen LogP) is 4.88. The Kier molecular flexibility index (Phi) is 3.01. The molecule has 0 bridgehead atoms. The number of hydrogen-bond donors (Lipinski definition) is 0. The largest absolute Gasteiger partial charge is 0.472 e. The average Bonchev–Trinajstić information content (AvgIpc) is 3.00. The van der Waals surface area contributed by atoms with Crippen molar-refractivity contribution in [2.24, 2.45) is 28.6 Å². The smallest absolute Gasteiger partial charge is 0.302 e. The summed E-state index contributed by atoms with van der Waals surface area (Å²) in [4.78, 5) is 11.7. The van der Waals surface area contributed by atoms with Crippen molar-refractivity contribution in [2.45, 2.75) is 77.7 Å². The molecule has 3 saturated carbocycles. The highest BCUT2D eigenvalue weighted by atomic mass is 16.5. The maximum atomic E-state index is 11.7. The molecule has 0 aliphatic heterocycles. The third kappa shape index (κ3) is 1.90. The van der Waals surface area contributed by atoms with Gasteiger partial charge in [0.2, 0.25) is 0 Å². The van der Waals surface area contributed by atoms with Gasteiger partial charge in [-0.05, 0) is 77.7 Å². The first-order valence-corrected chi connectivity index (χ1v) is 10.0. The number of rotatable bonds is 1. The molecule has 136 valence electrons. The van der Waals surface area contributed by atoms with Gasteiger partial charge in [0, 0.05) is 12.8 Å². The van der Waals surface area contributed by atoms with Gasteiger partial charge in [0.05, 0.1) is 12.5 Å². The Morgan fingerprint density at radius 1 is 1.12 bits per heavy atom. The lowest BCUT2D eigenvalue weighted by molar-refractivity contribution is -0.163. The minimum absolute atomic E-state index is 0.111. The summed E-state index contributed by atoms with van der Waals surface area (Å²) in [6.45, 7) is 9.01. The molecule has 0 aromatic carbocycles. The first kappa shape index (κ1) is 16.0. The van der Waals surface area contributed by atoms with Crippen molar-refractivity contribution in [3.05, 3.63) is 23.7 Å². The SMILES string of the molecule is CC(=O)OC1CC2(C)C3CCc4cocc4C3(C)CCC2C2(C)CC12. The maximum Gasteiger partial charge on any atom is 0.302 e. The Balaban J connectivity index is 1.56. The normalized spacial score (nSPS) is 50.1.